The highest BCUT2D eigenvalue weighted by atomic mass is 79.9. The van der Waals surface area contributed by atoms with Crippen molar-refractivity contribution in [3.63, 3.8) is 0 Å². The molecule has 0 saturated carbocycles. The molecule has 2 rings (SSSR count). The first-order valence-electron chi connectivity index (χ1n) is 7.66. The van der Waals surface area contributed by atoms with Crippen LogP contribution in [0, 0.1) is 6.92 Å². The fraction of sp³-hybridized carbons (Fsp3) is 0.222. The summed E-state index contributed by atoms with van der Waals surface area (Å²) in [6.07, 6.45) is 1.45. The van der Waals surface area contributed by atoms with Crippen molar-refractivity contribution in [1.29, 1.82) is 0 Å². The number of hydrogen-bond donors (Lipinski definition) is 2. The van der Waals surface area contributed by atoms with Crippen molar-refractivity contribution >= 4 is 28.1 Å². The van der Waals surface area contributed by atoms with E-state index in [2.05, 4.69) is 26.5 Å². The van der Waals surface area contributed by atoms with Crippen LogP contribution in [0.1, 0.15) is 18.1 Å². The van der Waals surface area contributed by atoms with E-state index in [0.717, 1.165) is 5.56 Å². The van der Waals surface area contributed by atoms with Gasteiger partial charge in [0, 0.05) is 0 Å². The average Bonchev–Trinajstić information content (AvgIpc) is 2.59. The molecule has 0 saturated heterocycles. The van der Waals surface area contributed by atoms with Crippen LogP contribution >= 0.6 is 15.9 Å². The Morgan fingerprint density at radius 2 is 2.00 bits per heavy atom. The molecule has 1 amide bonds. The van der Waals surface area contributed by atoms with Crippen molar-refractivity contribution in [2.24, 2.45) is 5.10 Å². The molecule has 2 aromatic rings. The van der Waals surface area contributed by atoms with E-state index in [4.69, 9.17) is 9.47 Å². The molecule has 0 aliphatic carbocycles. The van der Waals surface area contributed by atoms with E-state index in [1.807, 2.05) is 26.0 Å². The summed E-state index contributed by atoms with van der Waals surface area (Å²) in [5.74, 6) is 0.607. The standard InChI is InChI=1S/C18H19BrN2O4/c1-3-24-16-9-13(8-15(19)18(16)23)10-20-21-17(22)11-25-14-6-4-12(2)5-7-14/h4-10,23H,3,11H2,1-2H3,(H,21,22)/b20-10+. The van der Waals surface area contributed by atoms with E-state index in [9.17, 15) is 9.90 Å². The Hall–Kier alpha value is -2.54. The van der Waals surface area contributed by atoms with Crippen LogP contribution in [0.25, 0.3) is 0 Å². The third kappa shape index (κ3) is 5.79. The molecule has 2 N–H and O–H groups in total. The third-order valence-electron chi connectivity index (χ3n) is 3.14. The summed E-state index contributed by atoms with van der Waals surface area (Å²) in [6, 6.07) is 10.7. The predicted octanol–water partition coefficient (Wildman–Crippen LogP) is 3.39. The molecule has 0 radical (unpaired) electrons. The molecule has 0 bridgehead atoms. The highest BCUT2D eigenvalue weighted by molar-refractivity contribution is 9.10. The minimum absolute atomic E-state index is 0.0227. The predicted molar refractivity (Wildman–Crippen MR) is 99.4 cm³/mol. The van der Waals surface area contributed by atoms with Gasteiger partial charge in [-0.05, 0) is 59.6 Å². The largest absolute Gasteiger partial charge is 0.503 e. The van der Waals surface area contributed by atoms with Crippen molar-refractivity contribution < 1.29 is 19.4 Å². The van der Waals surface area contributed by atoms with Gasteiger partial charge in [0.15, 0.2) is 18.1 Å². The summed E-state index contributed by atoms with van der Waals surface area (Å²) < 4.78 is 11.2. The molecule has 0 spiro atoms. The van der Waals surface area contributed by atoms with E-state index in [1.54, 1.807) is 24.3 Å². The molecular formula is C18H19BrN2O4. The number of hydrogen-bond acceptors (Lipinski definition) is 5. The average molecular weight is 407 g/mol. The summed E-state index contributed by atoms with van der Waals surface area (Å²) in [5.41, 5.74) is 4.16. The smallest absolute Gasteiger partial charge is 0.277 e. The zero-order valence-electron chi connectivity index (χ0n) is 14.0. The van der Waals surface area contributed by atoms with Gasteiger partial charge >= 0.3 is 0 Å². The first-order chi connectivity index (χ1) is 12.0. The van der Waals surface area contributed by atoms with Gasteiger partial charge in [0.25, 0.3) is 5.91 Å². The lowest BCUT2D eigenvalue weighted by Gasteiger charge is -2.08. The summed E-state index contributed by atoms with van der Waals surface area (Å²) in [5, 5.41) is 13.7. The highest BCUT2D eigenvalue weighted by Gasteiger charge is 2.08. The van der Waals surface area contributed by atoms with Gasteiger partial charge in [0.2, 0.25) is 0 Å². The zero-order chi connectivity index (χ0) is 18.2. The molecular weight excluding hydrogens is 388 g/mol. The molecule has 0 aliphatic heterocycles. The van der Waals surface area contributed by atoms with E-state index < -0.39 is 0 Å². The van der Waals surface area contributed by atoms with E-state index in [0.29, 0.717) is 28.1 Å². The van der Waals surface area contributed by atoms with Crippen LogP contribution in [-0.4, -0.2) is 30.4 Å². The number of phenols is 1. The molecule has 6 nitrogen and oxygen atoms in total. The monoisotopic (exact) mass is 406 g/mol. The lowest BCUT2D eigenvalue weighted by Crippen LogP contribution is -2.24. The number of amides is 1. The number of benzene rings is 2. The zero-order valence-corrected chi connectivity index (χ0v) is 15.5. The van der Waals surface area contributed by atoms with Crippen LogP contribution in [0.5, 0.6) is 17.2 Å². The summed E-state index contributed by atoms with van der Waals surface area (Å²) >= 11 is 3.24. The van der Waals surface area contributed by atoms with Crippen LogP contribution in [0.4, 0.5) is 0 Å². The molecule has 0 aliphatic rings. The Bertz CT molecular complexity index is 760. The third-order valence-corrected chi connectivity index (χ3v) is 3.75. The Morgan fingerprint density at radius 3 is 2.68 bits per heavy atom. The quantitative estimate of drug-likeness (QED) is 0.545. The van der Waals surface area contributed by atoms with Crippen LogP contribution < -0.4 is 14.9 Å². The molecule has 0 unspecified atom stereocenters. The summed E-state index contributed by atoms with van der Waals surface area (Å²) in [6.45, 7) is 4.09. The van der Waals surface area contributed by atoms with E-state index in [1.165, 1.54) is 6.21 Å². The van der Waals surface area contributed by atoms with E-state index >= 15 is 0 Å². The highest BCUT2D eigenvalue weighted by Crippen LogP contribution is 2.34. The Morgan fingerprint density at radius 1 is 1.28 bits per heavy atom. The SMILES string of the molecule is CCOc1cc(/C=N/NC(=O)COc2ccc(C)cc2)cc(Br)c1O. The van der Waals surface area contributed by atoms with Gasteiger partial charge in [0.05, 0.1) is 17.3 Å². The van der Waals surface area contributed by atoms with Crippen molar-refractivity contribution in [2.45, 2.75) is 13.8 Å². The number of halogens is 1. The molecule has 132 valence electrons. The second kappa shape index (κ2) is 9.08. The molecule has 7 heteroatoms. The van der Waals surface area contributed by atoms with Crippen LogP contribution in [0.3, 0.4) is 0 Å². The summed E-state index contributed by atoms with van der Waals surface area (Å²) in [7, 11) is 0. The first-order valence-corrected chi connectivity index (χ1v) is 8.45. The van der Waals surface area contributed by atoms with Gasteiger partial charge in [-0.25, -0.2) is 5.43 Å². The lowest BCUT2D eigenvalue weighted by atomic mass is 10.2. The topological polar surface area (TPSA) is 80.2 Å². The Kier molecular flexibility index (Phi) is 6.82. The van der Waals surface area contributed by atoms with Crippen molar-refractivity contribution in [3.05, 3.63) is 52.0 Å². The number of phenolic OH excluding ortho intramolecular Hbond substituents is 1. The lowest BCUT2D eigenvalue weighted by molar-refractivity contribution is -0.123. The normalized spacial score (nSPS) is 10.7. The number of aromatic hydroxyl groups is 1. The van der Waals surface area contributed by atoms with Crippen LogP contribution in [0.2, 0.25) is 0 Å². The molecule has 0 fully saturated rings. The second-order valence-corrected chi connectivity index (χ2v) is 6.03. The number of nitrogens with one attached hydrogen (secondary N) is 1. The first kappa shape index (κ1) is 18.8. The van der Waals surface area contributed by atoms with Gasteiger partial charge < -0.3 is 14.6 Å². The second-order valence-electron chi connectivity index (χ2n) is 5.18. The fourth-order valence-electron chi connectivity index (χ4n) is 1.93. The van der Waals surface area contributed by atoms with Crippen molar-refractivity contribution in [2.75, 3.05) is 13.2 Å². The van der Waals surface area contributed by atoms with Crippen molar-refractivity contribution in [1.82, 2.24) is 5.43 Å². The maximum Gasteiger partial charge on any atom is 0.277 e. The number of ether oxygens (including phenoxy) is 2. The fourth-order valence-corrected chi connectivity index (χ4v) is 2.39. The van der Waals surface area contributed by atoms with Crippen LogP contribution in [0.15, 0.2) is 46.0 Å². The minimum atomic E-state index is -0.375. The molecule has 25 heavy (non-hydrogen) atoms. The maximum absolute atomic E-state index is 11.7. The van der Waals surface area contributed by atoms with E-state index in [-0.39, 0.29) is 18.3 Å². The van der Waals surface area contributed by atoms with Gasteiger partial charge in [0.1, 0.15) is 5.75 Å². The number of aryl methyl sites for hydroxylation is 1. The van der Waals surface area contributed by atoms with Gasteiger partial charge in [-0.1, -0.05) is 17.7 Å². The number of nitrogens with zero attached hydrogens (tertiary/aromatic N) is 1. The number of carbonyl (C=O) groups excluding carboxylic acids is 1. The maximum atomic E-state index is 11.7. The number of carbonyl (C=O) groups is 1. The van der Waals surface area contributed by atoms with Crippen LogP contribution in [-0.2, 0) is 4.79 Å². The van der Waals surface area contributed by atoms with Gasteiger partial charge in [-0.3, -0.25) is 4.79 Å². The number of hydrazone groups is 1. The summed E-state index contributed by atoms with van der Waals surface area (Å²) in [4.78, 5) is 11.7. The molecule has 0 aromatic heterocycles. The molecule has 0 heterocycles. The Labute approximate surface area is 154 Å². The molecule has 2 aromatic carbocycles. The van der Waals surface area contributed by atoms with Gasteiger partial charge in [-0.2, -0.15) is 5.10 Å². The number of rotatable bonds is 7. The minimum Gasteiger partial charge on any atom is -0.503 e. The molecule has 0 atom stereocenters. The van der Waals surface area contributed by atoms with Gasteiger partial charge in [-0.15, -0.1) is 0 Å². The Balaban J connectivity index is 1.89. The van der Waals surface area contributed by atoms with Crippen molar-refractivity contribution in [3.8, 4) is 17.2 Å².